The van der Waals surface area contributed by atoms with Crippen molar-refractivity contribution < 1.29 is 9.53 Å². The first-order chi connectivity index (χ1) is 9.72. The van der Waals surface area contributed by atoms with Crippen molar-refractivity contribution in [1.29, 1.82) is 0 Å². The van der Waals surface area contributed by atoms with Gasteiger partial charge in [-0.1, -0.05) is 13.0 Å². The largest absolute Gasteiger partial charge is 0.465 e. The number of methoxy groups -OCH3 is 1. The van der Waals surface area contributed by atoms with E-state index in [0.717, 1.165) is 24.2 Å². The van der Waals surface area contributed by atoms with Gasteiger partial charge in [0.05, 0.1) is 18.9 Å². The van der Waals surface area contributed by atoms with Crippen LogP contribution < -0.4 is 5.32 Å². The van der Waals surface area contributed by atoms with Crippen LogP contribution in [-0.4, -0.2) is 22.9 Å². The number of aromatic nitrogens is 2. The van der Waals surface area contributed by atoms with E-state index in [1.165, 1.54) is 7.11 Å². The number of rotatable bonds is 6. The standard InChI is InChI=1S/C15H19N3O2/c1-3-7-18-11-12(10-17-18)9-16-14-6-4-5-13(8-14)15(19)20-2/h4-6,8,10-11,16H,3,7,9H2,1-2H3. The molecule has 0 aliphatic heterocycles. The fourth-order valence-corrected chi connectivity index (χ4v) is 1.93. The lowest BCUT2D eigenvalue weighted by atomic mass is 10.2. The quantitative estimate of drug-likeness (QED) is 0.822. The number of esters is 1. The zero-order valence-corrected chi connectivity index (χ0v) is 11.8. The van der Waals surface area contributed by atoms with E-state index in [-0.39, 0.29) is 5.97 Å². The normalized spacial score (nSPS) is 10.3. The Labute approximate surface area is 118 Å². The number of nitrogens with zero attached hydrogens (tertiary/aromatic N) is 2. The van der Waals surface area contributed by atoms with Crippen molar-refractivity contribution in [3.63, 3.8) is 0 Å². The van der Waals surface area contributed by atoms with E-state index in [2.05, 4.69) is 17.3 Å². The molecule has 5 heteroatoms. The number of carbonyl (C=O) groups is 1. The molecule has 0 bridgehead atoms. The van der Waals surface area contributed by atoms with Crippen molar-refractivity contribution >= 4 is 11.7 Å². The maximum atomic E-state index is 11.5. The summed E-state index contributed by atoms with van der Waals surface area (Å²) >= 11 is 0. The number of nitrogens with one attached hydrogen (secondary N) is 1. The summed E-state index contributed by atoms with van der Waals surface area (Å²) in [7, 11) is 1.38. The van der Waals surface area contributed by atoms with Crippen molar-refractivity contribution in [3.05, 3.63) is 47.8 Å². The summed E-state index contributed by atoms with van der Waals surface area (Å²) in [6.45, 7) is 3.73. The van der Waals surface area contributed by atoms with E-state index < -0.39 is 0 Å². The highest BCUT2D eigenvalue weighted by Crippen LogP contribution is 2.13. The van der Waals surface area contributed by atoms with E-state index in [9.17, 15) is 4.79 Å². The predicted octanol–water partition coefficient (Wildman–Crippen LogP) is 2.69. The van der Waals surface area contributed by atoms with Gasteiger partial charge in [0, 0.05) is 30.5 Å². The fourth-order valence-electron chi connectivity index (χ4n) is 1.93. The summed E-state index contributed by atoms with van der Waals surface area (Å²) in [6, 6.07) is 7.26. The highest BCUT2D eigenvalue weighted by atomic mass is 16.5. The lowest BCUT2D eigenvalue weighted by Crippen LogP contribution is -2.03. The summed E-state index contributed by atoms with van der Waals surface area (Å²) in [6.07, 6.45) is 4.95. The summed E-state index contributed by atoms with van der Waals surface area (Å²) in [5.41, 5.74) is 2.54. The Kier molecular flexibility index (Phi) is 4.76. The molecule has 0 fully saturated rings. The van der Waals surface area contributed by atoms with Crippen molar-refractivity contribution in [2.75, 3.05) is 12.4 Å². The molecule has 0 atom stereocenters. The van der Waals surface area contributed by atoms with Crippen LogP contribution in [0.1, 0.15) is 29.3 Å². The Hall–Kier alpha value is -2.30. The van der Waals surface area contributed by atoms with Gasteiger partial charge in [-0.25, -0.2) is 4.79 Å². The zero-order chi connectivity index (χ0) is 14.4. The second-order valence-electron chi connectivity index (χ2n) is 4.54. The Bertz CT molecular complexity index is 578. The molecule has 0 saturated carbocycles. The molecule has 2 rings (SSSR count). The maximum absolute atomic E-state index is 11.5. The van der Waals surface area contributed by atoms with Gasteiger partial charge in [0.1, 0.15) is 0 Å². The lowest BCUT2D eigenvalue weighted by molar-refractivity contribution is 0.0601. The number of hydrogen-bond acceptors (Lipinski definition) is 4. The molecule has 0 saturated heterocycles. The minimum absolute atomic E-state index is 0.329. The van der Waals surface area contributed by atoms with Gasteiger partial charge in [-0.15, -0.1) is 0 Å². The van der Waals surface area contributed by atoms with Gasteiger partial charge in [-0.3, -0.25) is 4.68 Å². The van der Waals surface area contributed by atoms with E-state index in [1.807, 2.05) is 29.2 Å². The van der Waals surface area contributed by atoms with Crippen LogP contribution in [-0.2, 0) is 17.8 Å². The molecule has 20 heavy (non-hydrogen) atoms. The first-order valence-corrected chi connectivity index (χ1v) is 6.66. The van der Waals surface area contributed by atoms with Crippen LogP contribution in [0, 0.1) is 0 Å². The average Bonchev–Trinajstić information content (AvgIpc) is 2.93. The molecule has 106 valence electrons. The Morgan fingerprint density at radius 3 is 3.05 bits per heavy atom. The monoisotopic (exact) mass is 273 g/mol. The molecular formula is C15H19N3O2. The summed E-state index contributed by atoms with van der Waals surface area (Å²) in [4.78, 5) is 11.5. The Morgan fingerprint density at radius 2 is 2.30 bits per heavy atom. The first-order valence-electron chi connectivity index (χ1n) is 6.66. The summed E-state index contributed by atoms with van der Waals surface area (Å²) in [5.74, 6) is -0.329. The van der Waals surface area contributed by atoms with E-state index in [1.54, 1.807) is 12.1 Å². The molecule has 5 nitrogen and oxygen atoms in total. The number of aryl methyl sites for hydroxylation is 1. The van der Waals surface area contributed by atoms with Gasteiger partial charge in [0.25, 0.3) is 0 Å². The molecule has 0 radical (unpaired) electrons. The van der Waals surface area contributed by atoms with Gasteiger partial charge in [-0.2, -0.15) is 5.10 Å². The number of ether oxygens (including phenoxy) is 1. The molecule has 1 aromatic heterocycles. The minimum atomic E-state index is -0.329. The van der Waals surface area contributed by atoms with Gasteiger partial charge in [0.15, 0.2) is 0 Å². The van der Waals surface area contributed by atoms with Crippen LogP contribution >= 0.6 is 0 Å². The molecule has 0 amide bonds. The molecule has 1 heterocycles. The van der Waals surface area contributed by atoms with Gasteiger partial charge in [0.2, 0.25) is 0 Å². The number of hydrogen-bond donors (Lipinski definition) is 1. The molecule has 0 unspecified atom stereocenters. The summed E-state index contributed by atoms with van der Waals surface area (Å²) in [5, 5.41) is 7.55. The molecule has 0 spiro atoms. The second-order valence-corrected chi connectivity index (χ2v) is 4.54. The summed E-state index contributed by atoms with van der Waals surface area (Å²) < 4.78 is 6.64. The van der Waals surface area contributed by atoms with Crippen LogP contribution in [0.3, 0.4) is 0 Å². The topological polar surface area (TPSA) is 56.2 Å². The molecule has 1 aromatic carbocycles. The third-order valence-electron chi connectivity index (χ3n) is 2.92. The van der Waals surface area contributed by atoms with Crippen molar-refractivity contribution in [2.24, 2.45) is 0 Å². The van der Waals surface area contributed by atoms with Gasteiger partial charge in [-0.05, 0) is 24.6 Å². The fraction of sp³-hybridized carbons (Fsp3) is 0.333. The second kappa shape index (κ2) is 6.75. The van der Waals surface area contributed by atoms with Crippen molar-refractivity contribution in [3.8, 4) is 0 Å². The smallest absolute Gasteiger partial charge is 0.337 e. The predicted molar refractivity (Wildman–Crippen MR) is 77.6 cm³/mol. The Balaban J connectivity index is 1.97. The third kappa shape index (κ3) is 3.60. The van der Waals surface area contributed by atoms with Gasteiger partial charge < -0.3 is 10.1 Å². The van der Waals surface area contributed by atoms with E-state index in [4.69, 9.17) is 4.74 Å². The highest BCUT2D eigenvalue weighted by Gasteiger charge is 2.05. The molecule has 1 N–H and O–H groups in total. The molecule has 0 aliphatic carbocycles. The molecular weight excluding hydrogens is 254 g/mol. The lowest BCUT2D eigenvalue weighted by Gasteiger charge is -2.06. The van der Waals surface area contributed by atoms with Crippen LogP contribution in [0.4, 0.5) is 5.69 Å². The molecule has 0 aliphatic rings. The third-order valence-corrected chi connectivity index (χ3v) is 2.92. The van der Waals surface area contributed by atoms with Crippen LogP contribution in [0.25, 0.3) is 0 Å². The van der Waals surface area contributed by atoms with Crippen LogP contribution in [0.2, 0.25) is 0 Å². The average molecular weight is 273 g/mol. The van der Waals surface area contributed by atoms with Crippen molar-refractivity contribution in [2.45, 2.75) is 26.4 Å². The van der Waals surface area contributed by atoms with Gasteiger partial charge >= 0.3 is 5.97 Å². The number of benzene rings is 1. The highest BCUT2D eigenvalue weighted by molar-refractivity contribution is 5.90. The van der Waals surface area contributed by atoms with Crippen LogP contribution in [0.15, 0.2) is 36.7 Å². The van der Waals surface area contributed by atoms with Crippen molar-refractivity contribution in [1.82, 2.24) is 9.78 Å². The van der Waals surface area contributed by atoms with E-state index >= 15 is 0 Å². The number of carbonyl (C=O) groups excluding carboxylic acids is 1. The SMILES string of the molecule is CCCn1cc(CNc2cccc(C(=O)OC)c2)cn1. The van der Waals surface area contributed by atoms with Crippen LogP contribution in [0.5, 0.6) is 0 Å². The molecule has 2 aromatic rings. The Morgan fingerprint density at radius 1 is 1.45 bits per heavy atom. The minimum Gasteiger partial charge on any atom is -0.465 e. The first kappa shape index (κ1) is 14.1. The zero-order valence-electron chi connectivity index (χ0n) is 11.8. The maximum Gasteiger partial charge on any atom is 0.337 e. The number of anilines is 1. The van der Waals surface area contributed by atoms with E-state index in [0.29, 0.717) is 12.1 Å².